The third kappa shape index (κ3) is 29.7. The van der Waals surface area contributed by atoms with Gasteiger partial charge in [-0.05, 0) is 51.4 Å². The van der Waals surface area contributed by atoms with Gasteiger partial charge in [0.2, 0.25) is 0 Å². The molecule has 0 saturated heterocycles. The first-order valence-electron chi connectivity index (χ1n) is 20.4. The van der Waals surface area contributed by atoms with Crippen LogP contribution in [0.3, 0.4) is 0 Å². The van der Waals surface area contributed by atoms with Crippen molar-refractivity contribution >= 4 is 23.9 Å². The van der Waals surface area contributed by atoms with Crippen molar-refractivity contribution in [3.05, 3.63) is 0 Å². The Bertz CT molecular complexity index is 961. The van der Waals surface area contributed by atoms with E-state index in [0.29, 0.717) is 32.1 Å². The lowest BCUT2D eigenvalue weighted by atomic mass is 10.0. The van der Waals surface area contributed by atoms with Crippen molar-refractivity contribution in [2.24, 2.45) is 0 Å². The Morgan fingerprint density at radius 1 is 0.396 bits per heavy atom. The molecule has 0 aromatic rings. The van der Waals surface area contributed by atoms with Gasteiger partial charge in [-0.15, -0.1) is 0 Å². The van der Waals surface area contributed by atoms with Crippen LogP contribution in [0.15, 0.2) is 0 Å². The molecule has 0 aliphatic rings. The van der Waals surface area contributed by atoms with Gasteiger partial charge in [0.25, 0.3) is 0 Å². The molecule has 0 amide bonds. The molecule has 0 unspecified atom stereocenters. The Hall–Kier alpha value is -2.32. The van der Waals surface area contributed by atoms with Crippen molar-refractivity contribution in [3.63, 3.8) is 0 Å². The predicted octanol–water partition coefficient (Wildman–Crippen LogP) is 6.05. The lowest BCUT2D eigenvalue weighted by molar-refractivity contribution is -0.156. The number of esters is 3. The molecule has 0 saturated carbocycles. The number of hydrogen-bond donors (Lipinski definition) is 6. The molecule has 0 aromatic heterocycles. The van der Waals surface area contributed by atoms with Crippen molar-refractivity contribution in [2.45, 2.75) is 231 Å². The topological polar surface area (TPSA) is 217 Å². The number of unbranched alkanes of at least 4 members (excludes halogenated alkanes) is 8. The summed E-state index contributed by atoms with van der Waals surface area (Å²) in [6.07, 6.45) is 3.46. The Morgan fingerprint density at radius 3 is 0.981 bits per heavy atom. The van der Waals surface area contributed by atoms with Crippen LogP contribution in [0.2, 0.25) is 0 Å². The minimum atomic E-state index is -1.19. The number of ether oxygens (including phenoxy) is 3. The maximum atomic E-state index is 13.0. The highest BCUT2D eigenvalue weighted by atomic mass is 16.6. The molecule has 0 aromatic carbocycles. The van der Waals surface area contributed by atoms with Gasteiger partial charge in [0.05, 0.1) is 56.2 Å². The van der Waals surface area contributed by atoms with Crippen LogP contribution >= 0.6 is 0 Å². The third-order valence-corrected chi connectivity index (χ3v) is 9.19. The molecule has 0 radical (unpaired) electrons. The fourth-order valence-corrected chi connectivity index (χ4v) is 6.33. The van der Waals surface area contributed by atoms with E-state index in [4.69, 9.17) is 19.3 Å². The monoisotopic (exact) mass is 763 g/mol. The SMILES string of the molecule is CCCCC[C@H](O)C[C@H](O)CC(=O)O[C@@H](CCCCC)C[C@H](O)CC(=O)O[C@@H](CCCCC)C[C@H](O)CC(=O)O[C@@H](CCCCC)C[C@H](O)CC(=O)O. The van der Waals surface area contributed by atoms with Crippen molar-refractivity contribution in [2.75, 3.05) is 0 Å². The Kier molecular flexibility index (Phi) is 30.6. The fourth-order valence-electron chi connectivity index (χ4n) is 6.33. The average molecular weight is 763 g/mol. The van der Waals surface area contributed by atoms with E-state index in [1.807, 2.05) is 20.8 Å². The predicted molar refractivity (Wildman–Crippen MR) is 201 cm³/mol. The Morgan fingerprint density at radius 2 is 0.679 bits per heavy atom. The third-order valence-electron chi connectivity index (χ3n) is 9.19. The molecule has 0 heterocycles. The fraction of sp³-hybridized carbons (Fsp3) is 0.900. The molecule has 6 N–H and O–H groups in total. The minimum absolute atomic E-state index is 0.00412. The van der Waals surface area contributed by atoms with Gasteiger partial charge in [0, 0.05) is 19.3 Å². The first-order chi connectivity index (χ1) is 25.2. The summed E-state index contributed by atoms with van der Waals surface area (Å²) in [6.45, 7) is 8.13. The number of carbonyl (C=O) groups excluding carboxylic acids is 3. The molecular weight excluding hydrogens is 688 g/mol. The van der Waals surface area contributed by atoms with E-state index < -0.39 is 79.1 Å². The van der Waals surface area contributed by atoms with Crippen molar-refractivity contribution in [1.82, 2.24) is 0 Å². The quantitative estimate of drug-likeness (QED) is 0.0246. The van der Waals surface area contributed by atoms with E-state index in [0.717, 1.165) is 70.6 Å². The molecule has 0 rings (SSSR count). The van der Waals surface area contributed by atoms with E-state index in [9.17, 15) is 44.7 Å². The molecule has 312 valence electrons. The molecule has 0 spiro atoms. The van der Waals surface area contributed by atoms with Crippen LogP contribution in [0.4, 0.5) is 0 Å². The summed E-state index contributed by atoms with van der Waals surface area (Å²) in [4.78, 5) is 49.4. The first kappa shape index (κ1) is 50.7. The molecule has 0 bridgehead atoms. The van der Waals surface area contributed by atoms with E-state index in [-0.39, 0.29) is 44.9 Å². The van der Waals surface area contributed by atoms with Crippen LogP contribution in [0.25, 0.3) is 0 Å². The van der Waals surface area contributed by atoms with Gasteiger partial charge in [-0.3, -0.25) is 19.2 Å². The first-order valence-corrected chi connectivity index (χ1v) is 20.4. The van der Waals surface area contributed by atoms with Crippen LogP contribution in [0, 0.1) is 0 Å². The zero-order valence-electron chi connectivity index (χ0n) is 33.1. The van der Waals surface area contributed by atoms with Crippen LogP contribution in [-0.4, -0.2) is 103 Å². The maximum absolute atomic E-state index is 13.0. The number of carboxylic acid groups (broad SMARTS) is 1. The standard InChI is InChI=1S/C40H74O13/c1-5-9-13-17-29(41)21-30(42)26-38(48)52-35(19-15-11-7-3)23-32(44)28-40(50)53-36(20-16-12-8-4)24-33(45)27-39(49)51-34(18-14-10-6-2)22-31(43)25-37(46)47/h29-36,41-45H,5-28H2,1-4H3,(H,46,47)/t29-,30-,31-,32-,33-,34-,35-,36-/m0/s1. The van der Waals surface area contributed by atoms with Crippen molar-refractivity contribution in [3.8, 4) is 0 Å². The summed E-state index contributed by atoms with van der Waals surface area (Å²) in [5.74, 6) is -3.19. The molecule has 53 heavy (non-hydrogen) atoms. The van der Waals surface area contributed by atoms with Gasteiger partial charge in [-0.1, -0.05) is 85.5 Å². The van der Waals surface area contributed by atoms with E-state index in [2.05, 4.69) is 6.92 Å². The number of aliphatic hydroxyl groups excluding tert-OH is 5. The minimum Gasteiger partial charge on any atom is -0.481 e. The number of rotatable bonds is 35. The number of aliphatic carboxylic acids is 1. The zero-order chi connectivity index (χ0) is 40.0. The summed E-state index contributed by atoms with van der Waals surface area (Å²) in [5, 5.41) is 61.2. The van der Waals surface area contributed by atoms with E-state index in [1.165, 1.54) is 0 Å². The summed E-state index contributed by atoms with van der Waals surface area (Å²) in [7, 11) is 0. The molecule has 0 fully saturated rings. The molecule has 8 atom stereocenters. The molecular formula is C40H74O13. The number of aliphatic hydroxyl groups is 5. The van der Waals surface area contributed by atoms with Gasteiger partial charge < -0.3 is 44.8 Å². The summed E-state index contributed by atoms with van der Waals surface area (Å²) in [5.41, 5.74) is 0. The van der Waals surface area contributed by atoms with Crippen LogP contribution in [0.1, 0.15) is 182 Å². The summed E-state index contributed by atoms with van der Waals surface area (Å²) >= 11 is 0. The second-order valence-corrected chi connectivity index (χ2v) is 14.7. The Labute approximate surface area is 318 Å². The highest BCUT2D eigenvalue weighted by Crippen LogP contribution is 2.21. The largest absolute Gasteiger partial charge is 0.481 e. The van der Waals surface area contributed by atoms with Crippen molar-refractivity contribution in [1.29, 1.82) is 0 Å². The van der Waals surface area contributed by atoms with Gasteiger partial charge in [0.1, 0.15) is 18.3 Å². The molecule has 13 nitrogen and oxygen atoms in total. The van der Waals surface area contributed by atoms with E-state index in [1.54, 1.807) is 0 Å². The normalized spacial score (nSPS) is 16.1. The van der Waals surface area contributed by atoms with Gasteiger partial charge in [0.15, 0.2) is 0 Å². The lowest BCUT2D eigenvalue weighted by Gasteiger charge is -2.24. The maximum Gasteiger partial charge on any atom is 0.308 e. The average Bonchev–Trinajstić information content (AvgIpc) is 3.04. The summed E-state index contributed by atoms with van der Waals surface area (Å²) in [6, 6.07) is 0. The van der Waals surface area contributed by atoms with E-state index >= 15 is 0 Å². The summed E-state index contributed by atoms with van der Waals surface area (Å²) < 4.78 is 16.8. The van der Waals surface area contributed by atoms with Gasteiger partial charge in [-0.2, -0.15) is 0 Å². The van der Waals surface area contributed by atoms with Crippen LogP contribution in [-0.2, 0) is 33.4 Å². The van der Waals surface area contributed by atoms with Gasteiger partial charge in [-0.25, -0.2) is 0 Å². The second kappa shape index (κ2) is 32.0. The molecule has 0 aliphatic heterocycles. The smallest absolute Gasteiger partial charge is 0.308 e. The van der Waals surface area contributed by atoms with Crippen LogP contribution in [0.5, 0.6) is 0 Å². The lowest BCUT2D eigenvalue weighted by Crippen LogP contribution is -2.31. The van der Waals surface area contributed by atoms with Crippen molar-refractivity contribution < 1.29 is 64.0 Å². The Balaban J connectivity index is 5.24. The number of carboxylic acids is 1. The zero-order valence-corrected chi connectivity index (χ0v) is 33.1. The number of hydrogen-bond acceptors (Lipinski definition) is 12. The van der Waals surface area contributed by atoms with Crippen LogP contribution < -0.4 is 0 Å². The second-order valence-electron chi connectivity index (χ2n) is 14.7. The number of carbonyl (C=O) groups is 4. The van der Waals surface area contributed by atoms with Gasteiger partial charge >= 0.3 is 23.9 Å². The molecule has 0 aliphatic carbocycles. The highest BCUT2D eigenvalue weighted by Gasteiger charge is 2.27. The molecule has 13 heteroatoms. The highest BCUT2D eigenvalue weighted by molar-refractivity contribution is 5.71.